The maximum atomic E-state index is 6.50. The molecule has 3 heteroatoms. The number of fused-ring (bicyclic) bond motifs is 6. The zero-order chi connectivity index (χ0) is 41.7. The van der Waals surface area contributed by atoms with Crippen LogP contribution in [-0.2, 0) is 0 Å². The van der Waals surface area contributed by atoms with E-state index >= 15 is 0 Å². The molecule has 0 radical (unpaired) electrons. The SMILES string of the molecule is c1ccc(-c2ccc(-c3c(-c4cccc5oc6ccccc6c45)cccc3N(c3ccc(-c4ccccc4)cc3)c3ccccc3-c3cccc4c3sc3ccccc34)cc2)cc1. The van der Waals surface area contributed by atoms with Gasteiger partial charge in [0.15, 0.2) is 0 Å². The lowest BCUT2D eigenvalue weighted by atomic mass is 9.89. The molecule has 296 valence electrons. The Morgan fingerprint density at radius 1 is 0.317 bits per heavy atom. The standard InChI is InChI=1S/C60H39NOS/c1-3-16-40(17-4-1)42-32-34-44(35-33-42)58-48(49-24-15-30-56-59(49)52-22-8-11-29-55(52)62-56)23-14-28-54(58)61(45-38-36-43(37-39-45)41-18-5-2-6-19-41)53-27-10-7-20-46(53)50-25-13-26-51-47-21-9-12-31-57(47)63-60(50)51/h1-39H. The third kappa shape index (κ3) is 6.41. The molecule has 0 aliphatic carbocycles. The molecule has 12 aromatic rings. The van der Waals surface area contributed by atoms with Gasteiger partial charge in [-0.1, -0.05) is 194 Å². The fourth-order valence-corrected chi connectivity index (χ4v) is 10.6. The molecular formula is C60H39NOS. The Hall–Kier alpha value is -7.98. The number of hydrogen-bond donors (Lipinski definition) is 0. The van der Waals surface area contributed by atoms with Gasteiger partial charge in [-0.15, -0.1) is 11.3 Å². The smallest absolute Gasteiger partial charge is 0.136 e. The first kappa shape index (κ1) is 36.8. The van der Waals surface area contributed by atoms with Crippen molar-refractivity contribution in [2.45, 2.75) is 0 Å². The molecule has 0 amide bonds. The Kier molecular flexibility index (Phi) is 9.06. The van der Waals surface area contributed by atoms with Crippen molar-refractivity contribution in [3.8, 4) is 55.6 Å². The van der Waals surface area contributed by atoms with Crippen LogP contribution in [0.15, 0.2) is 241 Å². The van der Waals surface area contributed by atoms with E-state index in [9.17, 15) is 0 Å². The van der Waals surface area contributed by atoms with E-state index in [1.54, 1.807) is 0 Å². The van der Waals surface area contributed by atoms with Crippen molar-refractivity contribution >= 4 is 70.5 Å². The van der Waals surface area contributed by atoms with Crippen LogP contribution in [0.1, 0.15) is 0 Å². The highest BCUT2D eigenvalue weighted by Gasteiger charge is 2.25. The summed E-state index contributed by atoms with van der Waals surface area (Å²) in [6.07, 6.45) is 0. The van der Waals surface area contributed by atoms with Crippen LogP contribution in [0.25, 0.3) is 97.7 Å². The lowest BCUT2D eigenvalue weighted by Gasteiger charge is -2.31. The van der Waals surface area contributed by atoms with E-state index in [4.69, 9.17) is 4.42 Å². The van der Waals surface area contributed by atoms with Gasteiger partial charge in [-0.05, 0) is 81.4 Å². The molecule has 0 unspecified atom stereocenters. The fraction of sp³-hybridized carbons (Fsp3) is 0. The van der Waals surface area contributed by atoms with Crippen molar-refractivity contribution in [1.82, 2.24) is 0 Å². The van der Waals surface area contributed by atoms with Gasteiger partial charge in [-0.25, -0.2) is 0 Å². The third-order valence-electron chi connectivity index (χ3n) is 12.3. The molecule has 0 saturated carbocycles. The van der Waals surface area contributed by atoms with Gasteiger partial charge in [-0.2, -0.15) is 0 Å². The first-order valence-electron chi connectivity index (χ1n) is 21.4. The number of benzene rings is 10. The molecule has 0 saturated heterocycles. The van der Waals surface area contributed by atoms with Crippen LogP contribution < -0.4 is 4.90 Å². The van der Waals surface area contributed by atoms with Crippen LogP contribution in [0.2, 0.25) is 0 Å². The molecule has 2 nitrogen and oxygen atoms in total. The minimum absolute atomic E-state index is 0.875. The summed E-state index contributed by atoms with van der Waals surface area (Å²) in [5.74, 6) is 0. The highest BCUT2D eigenvalue weighted by molar-refractivity contribution is 7.26. The van der Waals surface area contributed by atoms with Crippen molar-refractivity contribution in [2.24, 2.45) is 0 Å². The molecule has 2 heterocycles. The van der Waals surface area contributed by atoms with Gasteiger partial charge in [0.05, 0.1) is 11.4 Å². The highest BCUT2D eigenvalue weighted by atomic mass is 32.1. The van der Waals surface area contributed by atoms with Crippen molar-refractivity contribution in [3.05, 3.63) is 237 Å². The summed E-state index contributed by atoms with van der Waals surface area (Å²) in [4.78, 5) is 2.48. The van der Waals surface area contributed by atoms with Gasteiger partial charge >= 0.3 is 0 Å². The van der Waals surface area contributed by atoms with Crippen LogP contribution in [0.3, 0.4) is 0 Å². The van der Waals surface area contributed by atoms with Crippen LogP contribution in [0, 0.1) is 0 Å². The van der Waals surface area contributed by atoms with Crippen molar-refractivity contribution in [1.29, 1.82) is 0 Å². The summed E-state index contributed by atoms with van der Waals surface area (Å²) < 4.78 is 9.08. The molecule has 0 fully saturated rings. The molecule has 0 aliphatic heterocycles. The number of rotatable bonds is 8. The summed E-state index contributed by atoms with van der Waals surface area (Å²) in [5.41, 5.74) is 16.6. The van der Waals surface area contributed by atoms with E-state index in [0.29, 0.717) is 0 Å². The van der Waals surface area contributed by atoms with E-state index in [0.717, 1.165) is 61.3 Å². The van der Waals surface area contributed by atoms with Crippen molar-refractivity contribution in [2.75, 3.05) is 4.90 Å². The molecule has 0 N–H and O–H groups in total. The van der Waals surface area contributed by atoms with E-state index in [2.05, 4.69) is 235 Å². The van der Waals surface area contributed by atoms with Crippen LogP contribution >= 0.6 is 11.3 Å². The van der Waals surface area contributed by atoms with Gasteiger partial charge in [0.1, 0.15) is 11.2 Å². The Morgan fingerprint density at radius 3 is 1.60 bits per heavy atom. The van der Waals surface area contributed by atoms with Crippen LogP contribution in [-0.4, -0.2) is 0 Å². The summed E-state index contributed by atoms with van der Waals surface area (Å²) >= 11 is 1.87. The maximum absolute atomic E-state index is 6.50. The Balaban J connectivity index is 1.14. The summed E-state index contributed by atoms with van der Waals surface area (Å²) in [6.45, 7) is 0. The topological polar surface area (TPSA) is 16.4 Å². The average Bonchev–Trinajstić information content (AvgIpc) is 3.94. The highest BCUT2D eigenvalue weighted by Crippen LogP contribution is 2.51. The summed E-state index contributed by atoms with van der Waals surface area (Å²) in [5, 5.41) is 4.79. The fourth-order valence-electron chi connectivity index (χ4n) is 9.41. The maximum Gasteiger partial charge on any atom is 0.136 e. The molecule has 0 atom stereocenters. The predicted octanol–water partition coefficient (Wildman–Crippen LogP) is 17.8. The van der Waals surface area contributed by atoms with Crippen molar-refractivity contribution < 1.29 is 4.42 Å². The Labute approximate surface area is 370 Å². The first-order valence-corrected chi connectivity index (χ1v) is 22.2. The average molecular weight is 822 g/mol. The minimum Gasteiger partial charge on any atom is -0.456 e. The largest absolute Gasteiger partial charge is 0.456 e. The number of nitrogens with zero attached hydrogens (tertiary/aromatic N) is 1. The number of anilines is 3. The normalized spacial score (nSPS) is 11.5. The Bertz CT molecular complexity index is 3600. The molecule has 0 aliphatic rings. The molecule has 0 bridgehead atoms. The monoisotopic (exact) mass is 821 g/mol. The first-order chi connectivity index (χ1) is 31.3. The van der Waals surface area contributed by atoms with Crippen LogP contribution in [0.4, 0.5) is 17.1 Å². The third-order valence-corrected chi connectivity index (χ3v) is 13.5. The van der Waals surface area contributed by atoms with E-state index in [-0.39, 0.29) is 0 Å². The second-order valence-electron chi connectivity index (χ2n) is 16.0. The minimum atomic E-state index is 0.875. The lowest BCUT2D eigenvalue weighted by molar-refractivity contribution is 0.669. The van der Waals surface area contributed by atoms with Gasteiger partial charge in [0.2, 0.25) is 0 Å². The van der Waals surface area contributed by atoms with E-state index in [1.807, 2.05) is 17.4 Å². The summed E-state index contributed by atoms with van der Waals surface area (Å²) in [7, 11) is 0. The van der Waals surface area contributed by atoms with E-state index < -0.39 is 0 Å². The zero-order valence-electron chi connectivity index (χ0n) is 34.3. The van der Waals surface area contributed by atoms with Gasteiger partial charge in [0, 0.05) is 53.3 Å². The van der Waals surface area contributed by atoms with Gasteiger partial charge in [-0.3, -0.25) is 0 Å². The molecule has 63 heavy (non-hydrogen) atoms. The number of para-hydroxylation sites is 2. The number of hydrogen-bond acceptors (Lipinski definition) is 3. The second kappa shape index (κ2) is 15.5. The zero-order valence-corrected chi connectivity index (χ0v) is 35.1. The number of furan rings is 1. The van der Waals surface area contributed by atoms with Crippen molar-refractivity contribution in [3.63, 3.8) is 0 Å². The lowest BCUT2D eigenvalue weighted by Crippen LogP contribution is -2.13. The van der Waals surface area contributed by atoms with Gasteiger partial charge in [0.25, 0.3) is 0 Å². The number of thiophene rings is 1. The van der Waals surface area contributed by atoms with Gasteiger partial charge < -0.3 is 9.32 Å². The molecule has 2 aromatic heterocycles. The molecular weight excluding hydrogens is 783 g/mol. The second-order valence-corrected chi connectivity index (χ2v) is 17.0. The Morgan fingerprint density at radius 2 is 0.825 bits per heavy atom. The van der Waals surface area contributed by atoms with E-state index in [1.165, 1.54) is 53.6 Å². The summed E-state index contributed by atoms with van der Waals surface area (Å²) in [6, 6.07) is 85.5. The quantitative estimate of drug-likeness (QED) is 0.152. The molecule has 12 rings (SSSR count). The molecule has 0 spiro atoms. The van der Waals surface area contributed by atoms with Crippen LogP contribution in [0.5, 0.6) is 0 Å². The molecule has 10 aromatic carbocycles. The predicted molar refractivity (Wildman–Crippen MR) is 268 cm³/mol.